The van der Waals surface area contributed by atoms with Crippen LogP contribution in [0.15, 0.2) is 23.3 Å². The number of hydrogen-bond acceptors (Lipinski definition) is 3. The minimum Gasteiger partial charge on any atom is -0.393 e. The first-order valence-electron chi connectivity index (χ1n) is 13.5. The van der Waals surface area contributed by atoms with Gasteiger partial charge in [-0.3, -0.25) is 0 Å². The van der Waals surface area contributed by atoms with Crippen molar-refractivity contribution < 1.29 is 13.6 Å². The van der Waals surface area contributed by atoms with Gasteiger partial charge in [-0.25, -0.2) is 0 Å². The summed E-state index contributed by atoms with van der Waals surface area (Å²) in [4.78, 5) is 0. The fourth-order valence-electron chi connectivity index (χ4n) is 5.72. The molecule has 1 atom stereocenters. The Morgan fingerprint density at radius 2 is 1.29 bits per heavy atom. The Morgan fingerprint density at radius 1 is 0.710 bits per heavy atom. The van der Waals surface area contributed by atoms with E-state index >= 15 is 0 Å². The van der Waals surface area contributed by atoms with E-state index in [1.165, 1.54) is 77.0 Å². The first-order valence-corrected chi connectivity index (χ1v) is 15.5. The summed E-state index contributed by atoms with van der Waals surface area (Å²) in [5, 5.41) is -0.119. The van der Waals surface area contributed by atoms with Gasteiger partial charge < -0.3 is 13.6 Å². The van der Waals surface area contributed by atoms with E-state index in [0.717, 1.165) is 38.7 Å². The molecular formula is C27H50O3Si. The number of ether oxygens (including phenoxy) is 1. The van der Waals surface area contributed by atoms with Gasteiger partial charge in [0.2, 0.25) is 0 Å². The molecule has 1 fully saturated rings. The standard InChI is InChI=1S/C14H22.C13H28O3Si/c1-2-6-10-13(9-5-1)14-11-7-3-4-8-12-14;1-5-13(14-6-2)11-9-10-12-17(13,15-7-3)16-8-4/h9,11H,1-8,10,12H2;5-12H2,1-4H3. The Morgan fingerprint density at radius 3 is 1.77 bits per heavy atom. The topological polar surface area (TPSA) is 27.7 Å². The predicted octanol–water partition coefficient (Wildman–Crippen LogP) is 8.18. The largest absolute Gasteiger partial charge is 0.393 e. The average molecular weight is 451 g/mol. The second-order valence-electron chi connectivity index (χ2n) is 9.26. The molecule has 0 aromatic rings. The van der Waals surface area contributed by atoms with E-state index < -0.39 is 8.56 Å². The van der Waals surface area contributed by atoms with Gasteiger partial charge in [0.1, 0.15) is 5.22 Å². The van der Waals surface area contributed by atoms with E-state index in [1.807, 2.05) is 0 Å². The van der Waals surface area contributed by atoms with Gasteiger partial charge >= 0.3 is 8.56 Å². The van der Waals surface area contributed by atoms with Crippen LogP contribution in [0.1, 0.15) is 118 Å². The maximum absolute atomic E-state index is 6.16. The molecule has 3 aliphatic rings. The summed E-state index contributed by atoms with van der Waals surface area (Å²) < 4.78 is 18.5. The zero-order valence-electron chi connectivity index (χ0n) is 21.1. The van der Waals surface area contributed by atoms with Crippen molar-refractivity contribution in [2.24, 2.45) is 0 Å². The van der Waals surface area contributed by atoms with Crippen molar-refractivity contribution in [3.8, 4) is 0 Å². The molecule has 0 spiro atoms. The molecule has 31 heavy (non-hydrogen) atoms. The van der Waals surface area contributed by atoms with Crippen molar-refractivity contribution in [3.63, 3.8) is 0 Å². The van der Waals surface area contributed by atoms with Crippen LogP contribution in [-0.2, 0) is 13.6 Å². The van der Waals surface area contributed by atoms with Gasteiger partial charge in [0.05, 0.1) is 0 Å². The minimum absolute atomic E-state index is 0.119. The van der Waals surface area contributed by atoms with Gasteiger partial charge in [-0.1, -0.05) is 44.8 Å². The number of hydrogen-bond donors (Lipinski definition) is 0. The van der Waals surface area contributed by atoms with Crippen LogP contribution in [0.25, 0.3) is 0 Å². The Bertz CT molecular complexity index is 515. The SMILES string of the molecule is C1=C(C2=CCCCCC2)CCCCC1.CCOC1(CC)CCCC[Si]1(OCC)OCC. The van der Waals surface area contributed by atoms with Crippen LogP contribution in [0.4, 0.5) is 0 Å². The molecule has 1 saturated heterocycles. The van der Waals surface area contributed by atoms with E-state index in [0.29, 0.717) is 0 Å². The molecular weight excluding hydrogens is 400 g/mol. The number of allylic oxidation sites excluding steroid dienone is 4. The Hall–Kier alpha value is -0.423. The zero-order chi connectivity index (χ0) is 22.4. The average Bonchev–Trinajstić information content (AvgIpc) is 3.22. The molecule has 4 heteroatoms. The monoisotopic (exact) mass is 450 g/mol. The van der Waals surface area contributed by atoms with E-state index in [-0.39, 0.29) is 5.22 Å². The lowest BCUT2D eigenvalue weighted by Crippen LogP contribution is -2.65. The van der Waals surface area contributed by atoms with Gasteiger partial charge in [0.15, 0.2) is 0 Å². The lowest BCUT2D eigenvalue weighted by atomic mass is 9.97. The van der Waals surface area contributed by atoms with Gasteiger partial charge in [0.25, 0.3) is 0 Å². The summed E-state index contributed by atoms with van der Waals surface area (Å²) in [5.41, 5.74) is 3.40. The highest BCUT2D eigenvalue weighted by atomic mass is 28.4. The molecule has 3 nitrogen and oxygen atoms in total. The third-order valence-corrected chi connectivity index (χ3v) is 11.9. The minimum atomic E-state index is -2.21. The van der Waals surface area contributed by atoms with Crippen molar-refractivity contribution >= 4 is 8.56 Å². The molecule has 0 amide bonds. The van der Waals surface area contributed by atoms with E-state index in [4.69, 9.17) is 13.6 Å². The van der Waals surface area contributed by atoms with Gasteiger partial charge in [-0.15, -0.1) is 0 Å². The lowest BCUT2D eigenvalue weighted by molar-refractivity contribution is -0.0426. The maximum atomic E-state index is 6.16. The molecule has 0 saturated carbocycles. The summed E-state index contributed by atoms with van der Waals surface area (Å²) in [6, 6.07) is 1.09. The molecule has 2 aliphatic carbocycles. The van der Waals surface area contributed by atoms with Gasteiger partial charge in [-0.2, -0.15) is 0 Å². The highest BCUT2D eigenvalue weighted by Crippen LogP contribution is 2.43. The van der Waals surface area contributed by atoms with Gasteiger partial charge in [0, 0.05) is 19.8 Å². The highest BCUT2D eigenvalue weighted by molar-refractivity contribution is 6.70. The Kier molecular flexibility index (Phi) is 12.7. The van der Waals surface area contributed by atoms with Crippen molar-refractivity contribution in [2.75, 3.05) is 19.8 Å². The van der Waals surface area contributed by atoms with Crippen LogP contribution in [0.3, 0.4) is 0 Å². The third kappa shape index (κ3) is 7.55. The lowest BCUT2D eigenvalue weighted by Gasteiger charge is -2.49. The van der Waals surface area contributed by atoms with Crippen molar-refractivity contribution in [2.45, 2.75) is 129 Å². The summed E-state index contributed by atoms with van der Waals surface area (Å²) >= 11 is 0. The van der Waals surface area contributed by atoms with Crippen LogP contribution in [0.5, 0.6) is 0 Å². The normalized spacial score (nSPS) is 26.6. The summed E-state index contributed by atoms with van der Waals surface area (Å²) in [7, 11) is -2.21. The first kappa shape index (κ1) is 26.8. The van der Waals surface area contributed by atoms with E-state index in [9.17, 15) is 0 Å². The maximum Gasteiger partial charge on any atom is 0.371 e. The quantitative estimate of drug-likeness (QED) is 0.349. The van der Waals surface area contributed by atoms with Crippen LogP contribution >= 0.6 is 0 Å². The molecule has 180 valence electrons. The second kappa shape index (κ2) is 14.7. The molecule has 1 heterocycles. The molecule has 1 unspecified atom stereocenters. The van der Waals surface area contributed by atoms with Gasteiger partial charge in [-0.05, 0) is 102 Å². The molecule has 0 radical (unpaired) electrons. The fourth-order valence-corrected chi connectivity index (χ4v) is 10.2. The summed E-state index contributed by atoms with van der Waals surface area (Å²) in [6.07, 6.45) is 23.5. The third-order valence-electron chi connectivity index (χ3n) is 7.27. The highest BCUT2D eigenvalue weighted by Gasteiger charge is 2.58. The van der Waals surface area contributed by atoms with Crippen molar-refractivity contribution in [1.82, 2.24) is 0 Å². The van der Waals surface area contributed by atoms with Crippen LogP contribution in [-0.4, -0.2) is 33.6 Å². The molecule has 0 N–H and O–H groups in total. The summed E-state index contributed by atoms with van der Waals surface area (Å²) in [6.45, 7) is 10.6. The number of rotatable bonds is 8. The van der Waals surface area contributed by atoms with Crippen LogP contribution in [0, 0.1) is 0 Å². The Labute approximate surface area is 194 Å². The second-order valence-corrected chi connectivity index (χ2v) is 12.8. The van der Waals surface area contributed by atoms with Crippen molar-refractivity contribution in [3.05, 3.63) is 23.3 Å². The Balaban J connectivity index is 0.000000224. The predicted molar refractivity (Wildman–Crippen MR) is 135 cm³/mol. The first-order chi connectivity index (χ1) is 15.2. The fraction of sp³-hybridized carbons (Fsp3) is 0.852. The zero-order valence-corrected chi connectivity index (χ0v) is 22.1. The van der Waals surface area contributed by atoms with E-state index in [2.05, 4.69) is 39.8 Å². The van der Waals surface area contributed by atoms with Crippen LogP contribution < -0.4 is 0 Å². The van der Waals surface area contributed by atoms with Crippen LogP contribution in [0.2, 0.25) is 6.04 Å². The molecule has 0 aromatic heterocycles. The summed E-state index contributed by atoms with van der Waals surface area (Å²) in [5.74, 6) is 0. The molecule has 0 bridgehead atoms. The molecule has 3 rings (SSSR count). The smallest absolute Gasteiger partial charge is 0.371 e. The van der Waals surface area contributed by atoms with E-state index in [1.54, 1.807) is 11.1 Å². The van der Waals surface area contributed by atoms with Crippen molar-refractivity contribution in [1.29, 1.82) is 0 Å². The molecule has 0 aromatic carbocycles. The molecule has 1 aliphatic heterocycles.